The minimum atomic E-state index is -0.840. The van der Waals surface area contributed by atoms with E-state index in [1.54, 1.807) is 6.92 Å². The lowest BCUT2D eigenvalue weighted by Gasteiger charge is -2.25. The first-order valence-electron chi connectivity index (χ1n) is 10.5. The number of hydrogen-bond acceptors (Lipinski definition) is 7. The quantitative estimate of drug-likeness (QED) is 0.408. The van der Waals surface area contributed by atoms with E-state index in [0.29, 0.717) is 5.13 Å². The maximum absolute atomic E-state index is 12.6. The molecule has 9 nitrogen and oxygen atoms in total. The van der Waals surface area contributed by atoms with Crippen molar-refractivity contribution in [2.75, 3.05) is 11.9 Å². The number of nitro groups is 1. The van der Waals surface area contributed by atoms with E-state index in [1.807, 2.05) is 18.2 Å². The molecular formula is C23H23N5O4S. The highest BCUT2D eigenvalue weighted by Crippen LogP contribution is 2.29. The van der Waals surface area contributed by atoms with Crippen LogP contribution in [0, 0.1) is 10.1 Å². The normalized spacial score (nSPS) is 14.2. The number of thiazole rings is 1. The molecule has 3 aromatic rings. The number of rotatable bonds is 7. The van der Waals surface area contributed by atoms with Gasteiger partial charge in [0.25, 0.3) is 11.6 Å². The lowest BCUT2D eigenvalue weighted by molar-refractivity contribution is -0.384. The van der Waals surface area contributed by atoms with Crippen LogP contribution in [0.15, 0.2) is 54.6 Å². The van der Waals surface area contributed by atoms with Gasteiger partial charge < -0.3 is 10.6 Å². The smallest absolute Gasteiger partial charge is 0.270 e. The van der Waals surface area contributed by atoms with Crippen LogP contribution < -0.4 is 10.6 Å². The molecule has 0 saturated heterocycles. The molecule has 2 aromatic carbocycles. The van der Waals surface area contributed by atoms with Crippen LogP contribution in [0.1, 0.15) is 33.4 Å². The van der Waals surface area contributed by atoms with Gasteiger partial charge in [0.15, 0.2) is 5.13 Å². The van der Waals surface area contributed by atoms with Crippen LogP contribution >= 0.6 is 11.3 Å². The van der Waals surface area contributed by atoms with Crippen molar-refractivity contribution in [2.24, 2.45) is 0 Å². The number of nitrogens with one attached hydrogen (secondary N) is 2. The Morgan fingerprint density at radius 2 is 2.00 bits per heavy atom. The number of aromatic nitrogens is 1. The van der Waals surface area contributed by atoms with Crippen molar-refractivity contribution in [3.8, 4) is 0 Å². The zero-order valence-electron chi connectivity index (χ0n) is 18.0. The van der Waals surface area contributed by atoms with Crippen molar-refractivity contribution in [1.82, 2.24) is 15.2 Å². The predicted molar refractivity (Wildman–Crippen MR) is 125 cm³/mol. The Bertz CT molecular complexity index is 1180. The molecule has 33 heavy (non-hydrogen) atoms. The number of fused-ring (bicyclic) bond motifs is 1. The van der Waals surface area contributed by atoms with Gasteiger partial charge in [-0.15, -0.1) is 11.3 Å². The second kappa shape index (κ2) is 9.88. The first-order valence-corrected chi connectivity index (χ1v) is 11.3. The predicted octanol–water partition coefficient (Wildman–Crippen LogP) is 3.37. The van der Waals surface area contributed by atoms with E-state index in [4.69, 9.17) is 0 Å². The third kappa shape index (κ3) is 5.60. The molecule has 1 atom stereocenters. The summed E-state index contributed by atoms with van der Waals surface area (Å²) >= 11 is 1.44. The molecule has 2 N–H and O–H groups in total. The van der Waals surface area contributed by atoms with E-state index < -0.39 is 22.8 Å². The summed E-state index contributed by atoms with van der Waals surface area (Å²) in [5.41, 5.74) is 2.18. The third-order valence-corrected chi connectivity index (χ3v) is 6.35. The Morgan fingerprint density at radius 1 is 1.21 bits per heavy atom. The van der Waals surface area contributed by atoms with Crippen molar-refractivity contribution in [2.45, 2.75) is 32.5 Å². The van der Waals surface area contributed by atoms with Gasteiger partial charge in [0.05, 0.1) is 10.6 Å². The number of hydrogen-bond donors (Lipinski definition) is 2. The minimum Gasteiger partial charge on any atom is -0.341 e. The molecule has 0 saturated carbocycles. The maximum Gasteiger partial charge on any atom is 0.270 e. The van der Waals surface area contributed by atoms with Crippen LogP contribution in [0.3, 0.4) is 0 Å². The monoisotopic (exact) mass is 465 g/mol. The summed E-state index contributed by atoms with van der Waals surface area (Å²) in [4.78, 5) is 43.4. The molecule has 0 aliphatic carbocycles. The van der Waals surface area contributed by atoms with E-state index in [2.05, 4.69) is 32.7 Å². The van der Waals surface area contributed by atoms with Gasteiger partial charge in [0.1, 0.15) is 6.04 Å². The highest BCUT2D eigenvalue weighted by Gasteiger charge is 2.23. The number of nitro benzene ring substituents is 1. The summed E-state index contributed by atoms with van der Waals surface area (Å²) in [7, 11) is 0. The Morgan fingerprint density at radius 3 is 2.76 bits per heavy atom. The van der Waals surface area contributed by atoms with Crippen LogP contribution in [0.25, 0.3) is 0 Å². The third-order valence-electron chi connectivity index (χ3n) is 5.35. The first-order chi connectivity index (χ1) is 15.9. The van der Waals surface area contributed by atoms with Crippen molar-refractivity contribution < 1.29 is 14.5 Å². The molecule has 1 unspecified atom stereocenters. The van der Waals surface area contributed by atoms with Crippen LogP contribution in [-0.2, 0) is 24.3 Å². The maximum atomic E-state index is 12.6. The molecule has 0 spiro atoms. The van der Waals surface area contributed by atoms with Gasteiger partial charge in [-0.2, -0.15) is 0 Å². The number of benzene rings is 2. The number of carbonyl (C=O) groups is 2. The lowest BCUT2D eigenvalue weighted by Crippen LogP contribution is -2.41. The summed E-state index contributed by atoms with van der Waals surface area (Å²) in [6, 6.07) is 14.8. The van der Waals surface area contributed by atoms with Crippen molar-refractivity contribution in [3.05, 3.63) is 86.4 Å². The highest BCUT2D eigenvalue weighted by molar-refractivity contribution is 7.15. The Labute approximate surface area is 194 Å². The summed E-state index contributed by atoms with van der Waals surface area (Å²) in [5.74, 6) is -0.961. The zero-order valence-corrected chi connectivity index (χ0v) is 18.8. The Hall–Kier alpha value is -3.63. The van der Waals surface area contributed by atoms with Gasteiger partial charge in [-0.05, 0) is 18.6 Å². The van der Waals surface area contributed by atoms with E-state index in [1.165, 1.54) is 41.2 Å². The van der Waals surface area contributed by atoms with E-state index >= 15 is 0 Å². The van der Waals surface area contributed by atoms with Crippen LogP contribution in [0.2, 0.25) is 0 Å². The molecule has 2 amide bonds. The van der Waals surface area contributed by atoms with Gasteiger partial charge in [-0.25, -0.2) is 4.98 Å². The van der Waals surface area contributed by atoms with Crippen LogP contribution in [-0.4, -0.2) is 39.2 Å². The second-order valence-electron chi connectivity index (χ2n) is 7.83. The summed E-state index contributed by atoms with van der Waals surface area (Å²) < 4.78 is 0. The molecule has 1 aliphatic heterocycles. The van der Waals surface area contributed by atoms with Gasteiger partial charge >= 0.3 is 0 Å². The molecule has 1 aliphatic rings. The standard InChI is InChI=1S/C23H23N5O4S/c1-15(24-22(30)17-8-5-9-18(12-17)28(31)32)21(29)26-23-25-19-10-11-27(14-20(19)33-23)13-16-6-3-2-4-7-16/h2-9,12,15H,10-11,13-14H2,1H3,(H,24,30)(H,25,26,29). The fourth-order valence-corrected chi connectivity index (χ4v) is 4.65. The number of amides is 2. The average molecular weight is 466 g/mol. The van der Waals surface area contributed by atoms with Gasteiger partial charge in [0.2, 0.25) is 5.91 Å². The van der Waals surface area contributed by atoms with Crippen LogP contribution in [0.5, 0.6) is 0 Å². The van der Waals surface area contributed by atoms with Crippen molar-refractivity contribution in [3.63, 3.8) is 0 Å². The topological polar surface area (TPSA) is 117 Å². The first kappa shape index (κ1) is 22.6. The number of nitrogens with zero attached hydrogens (tertiary/aromatic N) is 3. The number of non-ortho nitro benzene ring substituents is 1. The molecule has 10 heteroatoms. The molecule has 170 valence electrons. The summed E-state index contributed by atoms with van der Waals surface area (Å²) in [6.07, 6.45) is 0.813. The van der Waals surface area contributed by atoms with Gasteiger partial charge in [-0.1, -0.05) is 36.4 Å². The van der Waals surface area contributed by atoms with Gasteiger partial charge in [0, 0.05) is 48.6 Å². The molecule has 0 radical (unpaired) electrons. The van der Waals surface area contributed by atoms with E-state index in [9.17, 15) is 19.7 Å². The minimum absolute atomic E-state index is 0.118. The molecular weight excluding hydrogens is 442 g/mol. The molecule has 1 aromatic heterocycles. The molecule has 0 bridgehead atoms. The fourth-order valence-electron chi connectivity index (χ4n) is 3.60. The van der Waals surface area contributed by atoms with Crippen LogP contribution in [0.4, 0.5) is 10.8 Å². The summed E-state index contributed by atoms with van der Waals surface area (Å²) in [6.45, 7) is 4.09. The lowest BCUT2D eigenvalue weighted by atomic mass is 10.1. The van der Waals surface area contributed by atoms with E-state index in [-0.39, 0.29) is 11.3 Å². The highest BCUT2D eigenvalue weighted by atomic mass is 32.1. The number of anilines is 1. The molecule has 4 rings (SSSR count). The largest absolute Gasteiger partial charge is 0.341 e. The molecule has 0 fully saturated rings. The Balaban J connectivity index is 1.34. The zero-order chi connectivity index (χ0) is 23.4. The average Bonchev–Trinajstić information content (AvgIpc) is 3.21. The van der Waals surface area contributed by atoms with Crippen molar-refractivity contribution in [1.29, 1.82) is 0 Å². The fraction of sp³-hybridized carbons (Fsp3) is 0.261. The Kier molecular flexibility index (Phi) is 6.76. The van der Waals surface area contributed by atoms with E-state index in [0.717, 1.165) is 36.6 Å². The number of carbonyl (C=O) groups excluding carboxylic acids is 2. The summed E-state index contributed by atoms with van der Waals surface area (Å²) in [5, 5.41) is 16.8. The second-order valence-corrected chi connectivity index (χ2v) is 8.91. The van der Waals surface area contributed by atoms with Gasteiger partial charge in [-0.3, -0.25) is 24.6 Å². The van der Waals surface area contributed by atoms with Crippen molar-refractivity contribution >= 4 is 34.0 Å². The molecule has 2 heterocycles. The SMILES string of the molecule is CC(NC(=O)c1cccc([N+](=O)[O-])c1)C(=O)Nc1nc2c(s1)CN(Cc1ccccc1)CC2.